The van der Waals surface area contributed by atoms with E-state index < -0.39 is 23.3 Å². The van der Waals surface area contributed by atoms with E-state index >= 15 is 0 Å². The van der Waals surface area contributed by atoms with Crippen LogP contribution in [0.5, 0.6) is 5.88 Å². The number of thiazole rings is 1. The maximum atomic E-state index is 12.6. The van der Waals surface area contributed by atoms with Crippen LogP contribution in [0.4, 0.5) is 13.2 Å². The normalized spacial score (nSPS) is 14.5. The molecule has 0 aliphatic carbocycles. The number of hydrogen-bond donors (Lipinski definition) is 1. The second-order valence-corrected chi connectivity index (χ2v) is 6.41. The SMILES string of the molecule is CC(C)(NC(=O)c1cc2n(n1)CCO2)c1nc(C(F)(F)F)cs1. The number of alkyl halides is 3. The van der Waals surface area contributed by atoms with Crippen molar-refractivity contribution in [3.8, 4) is 5.88 Å². The van der Waals surface area contributed by atoms with Gasteiger partial charge in [0, 0.05) is 11.4 Å². The van der Waals surface area contributed by atoms with Gasteiger partial charge < -0.3 is 10.1 Å². The molecule has 0 aromatic carbocycles. The molecule has 10 heteroatoms. The highest BCUT2D eigenvalue weighted by Crippen LogP contribution is 2.33. The van der Waals surface area contributed by atoms with E-state index in [0.717, 1.165) is 16.7 Å². The number of nitrogens with zero attached hydrogens (tertiary/aromatic N) is 3. The van der Waals surface area contributed by atoms with Gasteiger partial charge in [0.2, 0.25) is 5.88 Å². The Balaban J connectivity index is 1.77. The van der Waals surface area contributed by atoms with Crippen molar-refractivity contribution >= 4 is 17.2 Å². The van der Waals surface area contributed by atoms with Crippen molar-refractivity contribution in [2.45, 2.75) is 32.1 Å². The Morgan fingerprint density at radius 3 is 2.78 bits per heavy atom. The fraction of sp³-hybridized carbons (Fsp3) is 0.462. The van der Waals surface area contributed by atoms with E-state index in [2.05, 4.69) is 15.4 Å². The van der Waals surface area contributed by atoms with E-state index in [9.17, 15) is 18.0 Å². The molecule has 3 heterocycles. The molecule has 2 aromatic rings. The van der Waals surface area contributed by atoms with Crippen LogP contribution in [-0.2, 0) is 18.3 Å². The third-order valence-electron chi connectivity index (χ3n) is 3.28. The minimum absolute atomic E-state index is 0.153. The molecule has 0 spiro atoms. The summed E-state index contributed by atoms with van der Waals surface area (Å²) in [5.74, 6) is 0.00539. The molecule has 124 valence electrons. The lowest BCUT2D eigenvalue weighted by molar-refractivity contribution is -0.140. The molecule has 2 aromatic heterocycles. The van der Waals surface area contributed by atoms with Crippen molar-refractivity contribution in [3.05, 3.63) is 27.8 Å². The van der Waals surface area contributed by atoms with Crippen molar-refractivity contribution in [1.29, 1.82) is 0 Å². The molecule has 1 amide bonds. The molecule has 0 fully saturated rings. The zero-order valence-electron chi connectivity index (χ0n) is 12.3. The molecule has 1 N–H and O–H groups in total. The molecule has 0 unspecified atom stereocenters. The first-order valence-corrected chi connectivity index (χ1v) is 7.61. The quantitative estimate of drug-likeness (QED) is 0.927. The molecule has 1 aliphatic rings. The third kappa shape index (κ3) is 3.03. The monoisotopic (exact) mass is 346 g/mol. The Morgan fingerprint density at radius 1 is 1.43 bits per heavy atom. The van der Waals surface area contributed by atoms with Crippen molar-refractivity contribution < 1.29 is 22.7 Å². The lowest BCUT2D eigenvalue weighted by atomic mass is 10.1. The van der Waals surface area contributed by atoms with E-state index in [1.807, 2.05) is 0 Å². The van der Waals surface area contributed by atoms with Crippen LogP contribution in [0.25, 0.3) is 0 Å². The van der Waals surface area contributed by atoms with Gasteiger partial charge in [-0.25, -0.2) is 9.67 Å². The number of rotatable bonds is 3. The van der Waals surface area contributed by atoms with Gasteiger partial charge in [0.25, 0.3) is 5.91 Å². The molecular formula is C13H13F3N4O2S. The highest BCUT2D eigenvalue weighted by atomic mass is 32.1. The lowest BCUT2D eigenvalue weighted by Gasteiger charge is -2.23. The number of hydrogen-bond acceptors (Lipinski definition) is 5. The summed E-state index contributed by atoms with van der Waals surface area (Å²) in [6.07, 6.45) is -4.50. The Labute approximate surface area is 133 Å². The van der Waals surface area contributed by atoms with Crippen LogP contribution >= 0.6 is 11.3 Å². The smallest absolute Gasteiger partial charge is 0.434 e. The first-order valence-electron chi connectivity index (χ1n) is 6.73. The summed E-state index contributed by atoms with van der Waals surface area (Å²) in [5.41, 5.74) is -1.87. The van der Waals surface area contributed by atoms with Gasteiger partial charge in [-0.2, -0.15) is 18.3 Å². The van der Waals surface area contributed by atoms with Gasteiger partial charge in [-0.05, 0) is 13.8 Å². The van der Waals surface area contributed by atoms with Gasteiger partial charge in [-0.3, -0.25) is 4.79 Å². The topological polar surface area (TPSA) is 69.0 Å². The van der Waals surface area contributed by atoms with E-state index in [1.165, 1.54) is 6.07 Å². The van der Waals surface area contributed by atoms with Gasteiger partial charge >= 0.3 is 6.18 Å². The molecule has 0 bridgehead atoms. The summed E-state index contributed by atoms with van der Waals surface area (Å²) < 4.78 is 44.8. The van der Waals surface area contributed by atoms with Gasteiger partial charge in [-0.15, -0.1) is 11.3 Å². The largest absolute Gasteiger partial charge is 0.476 e. The fourth-order valence-electron chi connectivity index (χ4n) is 2.12. The molecule has 23 heavy (non-hydrogen) atoms. The number of carbonyl (C=O) groups is 1. The number of aromatic nitrogens is 3. The van der Waals surface area contributed by atoms with Gasteiger partial charge in [-0.1, -0.05) is 0 Å². The molecule has 1 aliphatic heterocycles. The Hall–Kier alpha value is -2.10. The van der Waals surface area contributed by atoms with Gasteiger partial charge in [0.05, 0.1) is 12.1 Å². The van der Waals surface area contributed by atoms with E-state index in [4.69, 9.17) is 4.74 Å². The fourth-order valence-corrected chi connectivity index (χ4v) is 3.02. The minimum atomic E-state index is -4.50. The number of fused-ring (bicyclic) bond motifs is 1. The van der Waals surface area contributed by atoms with Crippen molar-refractivity contribution in [3.63, 3.8) is 0 Å². The van der Waals surface area contributed by atoms with Crippen molar-refractivity contribution in [2.24, 2.45) is 0 Å². The summed E-state index contributed by atoms with van der Waals surface area (Å²) >= 11 is 0.848. The van der Waals surface area contributed by atoms with Crippen LogP contribution in [0.2, 0.25) is 0 Å². The van der Waals surface area contributed by atoms with Crippen LogP contribution in [0, 0.1) is 0 Å². The molecule has 3 rings (SSSR count). The van der Waals surface area contributed by atoms with Crippen LogP contribution in [-0.4, -0.2) is 27.3 Å². The molecule has 6 nitrogen and oxygen atoms in total. The third-order valence-corrected chi connectivity index (χ3v) is 4.45. The first-order chi connectivity index (χ1) is 10.7. The summed E-state index contributed by atoms with van der Waals surface area (Å²) in [4.78, 5) is 15.8. The standard InChI is InChI=1S/C13H13F3N4O2S/c1-12(2,11-17-8(6-23-11)13(14,15)16)18-10(21)7-5-9-20(19-7)3-4-22-9/h5-6H,3-4H2,1-2H3,(H,18,21). The maximum absolute atomic E-state index is 12.6. The second kappa shape index (κ2) is 5.22. The summed E-state index contributed by atoms with van der Waals surface area (Å²) in [5, 5.41) is 7.85. The summed E-state index contributed by atoms with van der Waals surface area (Å²) in [6.45, 7) is 4.25. The van der Waals surface area contributed by atoms with Crippen LogP contribution in [0.3, 0.4) is 0 Å². The Kier molecular flexibility index (Phi) is 3.58. The molecule has 0 radical (unpaired) electrons. The molecule has 0 saturated carbocycles. The second-order valence-electron chi connectivity index (χ2n) is 5.55. The van der Waals surface area contributed by atoms with Crippen molar-refractivity contribution in [1.82, 2.24) is 20.1 Å². The maximum Gasteiger partial charge on any atom is 0.434 e. The molecule has 0 saturated heterocycles. The summed E-state index contributed by atoms with van der Waals surface area (Å²) in [6, 6.07) is 1.50. The average Bonchev–Trinajstić information content (AvgIpc) is 3.12. The minimum Gasteiger partial charge on any atom is -0.476 e. The first kappa shape index (κ1) is 15.8. The number of carbonyl (C=O) groups excluding carboxylic acids is 1. The van der Waals surface area contributed by atoms with E-state index in [-0.39, 0.29) is 10.7 Å². The number of nitrogens with one attached hydrogen (secondary N) is 1. The Bertz CT molecular complexity index is 729. The van der Waals surface area contributed by atoms with Gasteiger partial charge in [0.15, 0.2) is 11.4 Å². The van der Waals surface area contributed by atoms with E-state index in [1.54, 1.807) is 18.5 Å². The number of amides is 1. The highest BCUT2D eigenvalue weighted by Gasteiger charge is 2.36. The number of ether oxygens (including phenoxy) is 1. The number of halogens is 3. The van der Waals surface area contributed by atoms with E-state index in [0.29, 0.717) is 19.0 Å². The van der Waals surface area contributed by atoms with Crippen LogP contribution < -0.4 is 10.1 Å². The lowest BCUT2D eigenvalue weighted by Crippen LogP contribution is -2.41. The van der Waals surface area contributed by atoms with Crippen molar-refractivity contribution in [2.75, 3.05) is 6.61 Å². The van der Waals surface area contributed by atoms with Crippen LogP contribution in [0.15, 0.2) is 11.4 Å². The summed E-state index contributed by atoms with van der Waals surface area (Å²) in [7, 11) is 0. The zero-order chi connectivity index (χ0) is 16.8. The average molecular weight is 346 g/mol. The molecular weight excluding hydrogens is 333 g/mol. The van der Waals surface area contributed by atoms with Crippen LogP contribution in [0.1, 0.15) is 35.0 Å². The predicted molar refractivity (Wildman–Crippen MR) is 75.3 cm³/mol. The zero-order valence-corrected chi connectivity index (χ0v) is 13.1. The molecule has 0 atom stereocenters. The predicted octanol–water partition coefficient (Wildman–Crippen LogP) is 2.42. The van der Waals surface area contributed by atoms with Gasteiger partial charge in [0.1, 0.15) is 11.6 Å². The highest BCUT2D eigenvalue weighted by molar-refractivity contribution is 7.09. The Morgan fingerprint density at radius 2 is 2.17 bits per heavy atom.